The molecule has 0 aliphatic rings. The first-order chi connectivity index (χ1) is 9.16. The zero-order valence-corrected chi connectivity index (χ0v) is 10.4. The first-order valence-electron chi connectivity index (χ1n) is 5.53. The lowest BCUT2D eigenvalue weighted by atomic mass is 10.2. The predicted molar refractivity (Wildman–Crippen MR) is 72.7 cm³/mol. The molecule has 0 atom stereocenters. The van der Waals surface area contributed by atoms with Crippen molar-refractivity contribution in [3.05, 3.63) is 63.9 Å². The van der Waals surface area contributed by atoms with Gasteiger partial charge in [-0.05, 0) is 24.3 Å². The summed E-state index contributed by atoms with van der Waals surface area (Å²) in [6.07, 6.45) is 1.57. The number of rotatable bonds is 2. The average molecular weight is 274 g/mol. The summed E-state index contributed by atoms with van der Waals surface area (Å²) in [5, 5.41) is 11.5. The van der Waals surface area contributed by atoms with Crippen molar-refractivity contribution in [1.82, 2.24) is 9.55 Å². The number of imidazole rings is 1. The van der Waals surface area contributed by atoms with Crippen molar-refractivity contribution >= 4 is 28.3 Å². The molecule has 0 radical (unpaired) electrons. The lowest BCUT2D eigenvalue weighted by Crippen LogP contribution is -1.98. The lowest BCUT2D eigenvalue weighted by Gasteiger charge is -2.05. The quantitative estimate of drug-likeness (QED) is 0.529. The van der Waals surface area contributed by atoms with E-state index in [0.717, 1.165) is 11.0 Å². The number of hydrogen-bond acceptors (Lipinski definition) is 3. The Hall–Kier alpha value is -2.40. The Kier molecular flexibility index (Phi) is 2.68. The van der Waals surface area contributed by atoms with E-state index in [0.29, 0.717) is 10.7 Å². The van der Waals surface area contributed by atoms with Crippen LogP contribution in [0.1, 0.15) is 0 Å². The van der Waals surface area contributed by atoms with Gasteiger partial charge in [0.1, 0.15) is 12.0 Å². The van der Waals surface area contributed by atoms with E-state index in [2.05, 4.69) is 4.98 Å². The molecule has 19 heavy (non-hydrogen) atoms. The zero-order chi connectivity index (χ0) is 13.4. The molecule has 0 bridgehead atoms. The fourth-order valence-corrected chi connectivity index (χ4v) is 2.16. The Morgan fingerprint density at radius 2 is 2.00 bits per heavy atom. The Morgan fingerprint density at radius 1 is 1.21 bits per heavy atom. The summed E-state index contributed by atoms with van der Waals surface area (Å²) < 4.78 is 1.68. The van der Waals surface area contributed by atoms with Crippen molar-refractivity contribution in [3.8, 4) is 5.69 Å². The number of halogens is 1. The summed E-state index contributed by atoms with van der Waals surface area (Å²) in [5.74, 6) is 0. The van der Waals surface area contributed by atoms with E-state index in [1.165, 1.54) is 6.07 Å². The van der Waals surface area contributed by atoms with Crippen LogP contribution in [0.25, 0.3) is 16.7 Å². The first kappa shape index (κ1) is 11.7. The SMILES string of the molecule is O=[N+]([O-])c1cc(Cl)ccc1-n1cnc2ccccc21. The van der Waals surface area contributed by atoms with Crippen LogP contribution in [-0.4, -0.2) is 14.5 Å². The number of fused-ring (bicyclic) bond motifs is 1. The van der Waals surface area contributed by atoms with Crippen LogP contribution in [0.2, 0.25) is 5.02 Å². The highest BCUT2D eigenvalue weighted by atomic mass is 35.5. The molecule has 0 fully saturated rings. The maximum Gasteiger partial charge on any atom is 0.294 e. The number of nitrogens with zero attached hydrogens (tertiary/aromatic N) is 3. The topological polar surface area (TPSA) is 61.0 Å². The maximum absolute atomic E-state index is 11.1. The molecule has 0 unspecified atom stereocenters. The van der Waals surface area contributed by atoms with Crippen LogP contribution >= 0.6 is 11.6 Å². The molecule has 0 aliphatic heterocycles. The van der Waals surface area contributed by atoms with E-state index in [1.807, 2.05) is 24.3 Å². The Bertz CT molecular complexity index is 782. The van der Waals surface area contributed by atoms with Crippen LogP contribution in [0.3, 0.4) is 0 Å². The van der Waals surface area contributed by atoms with Crippen molar-refractivity contribution < 1.29 is 4.92 Å². The van der Waals surface area contributed by atoms with Crippen molar-refractivity contribution in [2.45, 2.75) is 0 Å². The van der Waals surface area contributed by atoms with Gasteiger partial charge in [0.2, 0.25) is 0 Å². The van der Waals surface area contributed by atoms with E-state index < -0.39 is 4.92 Å². The standard InChI is InChI=1S/C13H8ClN3O2/c14-9-5-6-12(13(7-9)17(18)19)16-8-15-10-3-1-2-4-11(10)16/h1-8H. The van der Waals surface area contributed by atoms with Gasteiger partial charge in [0.15, 0.2) is 0 Å². The molecule has 0 amide bonds. The molecule has 0 aliphatic carbocycles. The minimum atomic E-state index is -0.448. The highest BCUT2D eigenvalue weighted by Gasteiger charge is 2.17. The summed E-state index contributed by atoms with van der Waals surface area (Å²) in [6, 6.07) is 12.0. The second-order valence-corrected chi connectivity index (χ2v) is 4.43. The van der Waals surface area contributed by atoms with E-state index in [1.54, 1.807) is 23.0 Å². The Labute approximate surface area is 113 Å². The molecule has 0 spiro atoms. The van der Waals surface area contributed by atoms with Crippen LogP contribution < -0.4 is 0 Å². The van der Waals surface area contributed by atoms with Crippen LogP contribution in [0.4, 0.5) is 5.69 Å². The number of hydrogen-bond donors (Lipinski definition) is 0. The van der Waals surface area contributed by atoms with Gasteiger partial charge in [-0.2, -0.15) is 0 Å². The van der Waals surface area contributed by atoms with Crippen molar-refractivity contribution in [1.29, 1.82) is 0 Å². The summed E-state index contributed by atoms with van der Waals surface area (Å²) in [4.78, 5) is 14.9. The Morgan fingerprint density at radius 3 is 2.79 bits per heavy atom. The van der Waals surface area contributed by atoms with E-state index in [9.17, 15) is 10.1 Å². The fraction of sp³-hybridized carbons (Fsp3) is 0. The molecule has 2 aromatic carbocycles. The van der Waals surface area contributed by atoms with Gasteiger partial charge in [-0.3, -0.25) is 14.7 Å². The summed E-state index contributed by atoms with van der Waals surface area (Å²) in [7, 11) is 0. The second kappa shape index (κ2) is 4.37. The van der Waals surface area contributed by atoms with Crippen LogP contribution in [0.15, 0.2) is 48.8 Å². The van der Waals surface area contributed by atoms with E-state index >= 15 is 0 Å². The lowest BCUT2D eigenvalue weighted by molar-refractivity contribution is -0.384. The van der Waals surface area contributed by atoms with Crippen LogP contribution in [0, 0.1) is 10.1 Å². The number of nitro benzene ring substituents is 1. The van der Waals surface area contributed by atoms with Crippen molar-refractivity contribution in [2.24, 2.45) is 0 Å². The zero-order valence-electron chi connectivity index (χ0n) is 9.65. The van der Waals surface area contributed by atoms with E-state index in [4.69, 9.17) is 11.6 Å². The predicted octanol–water partition coefficient (Wildman–Crippen LogP) is 3.59. The van der Waals surface area contributed by atoms with Gasteiger partial charge in [0.25, 0.3) is 5.69 Å². The maximum atomic E-state index is 11.1. The average Bonchev–Trinajstić information content (AvgIpc) is 2.82. The third-order valence-corrected chi connectivity index (χ3v) is 3.08. The minimum Gasteiger partial charge on any atom is -0.293 e. The van der Waals surface area contributed by atoms with Crippen molar-refractivity contribution in [2.75, 3.05) is 0 Å². The highest BCUT2D eigenvalue weighted by molar-refractivity contribution is 6.30. The third kappa shape index (κ3) is 1.94. The molecule has 3 aromatic rings. The van der Waals surface area contributed by atoms with Crippen LogP contribution in [-0.2, 0) is 0 Å². The van der Waals surface area contributed by atoms with Gasteiger partial charge in [0.05, 0.1) is 16.0 Å². The molecule has 5 nitrogen and oxygen atoms in total. The Balaban J connectivity index is 2.30. The third-order valence-electron chi connectivity index (χ3n) is 2.85. The number of nitro groups is 1. The van der Waals surface area contributed by atoms with E-state index in [-0.39, 0.29) is 5.69 Å². The first-order valence-corrected chi connectivity index (χ1v) is 5.91. The fourth-order valence-electron chi connectivity index (χ4n) is 2.00. The molecule has 3 rings (SSSR count). The van der Waals surface area contributed by atoms with Crippen molar-refractivity contribution in [3.63, 3.8) is 0 Å². The molecule has 0 N–H and O–H groups in total. The molecule has 0 saturated heterocycles. The molecular weight excluding hydrogens is 266 g/mol. The monoisotopic (exact) mass is 273 g/mol. The molecule has 6 heteroatoms. The summed E-state index contributed by atoms with van der Waals surface area (Å²) >= 11 is 5.81. The molecule has 0 saturated carbocycles. The number of aromatic nitrogens is 2. The van der Waals surface area contributed by atoms with Gasteiger partial charge in [-0.1, -0.05) is 23.7 Å². The summed E-state index contributed by atoms with van der Waals surface area (Å²) in [6.45, 7) is 0. The smallest absolute Gasteiger partial charge is 0.293 e. The molecule has 1 heterocycles. The normalized spacial score (nSPS) is 10.8. The van der Waals surface area contributed by atoms with Crippen LogP contribution in [0.5, 0.6) is 0 Å². The molecule has 1 aromatic heterocycles. The summed E-state index contributed by atoms with van der Waals surface area (Å²) in [5.41, 5.74) is 2.00. The molecular formula is C13H8ClN3O2. The number of benzene rings is 2. The second-order valence-electron chi connectivity index (χ2n) is 3.99. The number of para-hydroxylation sites is 2. The van der Waals surface area contributed by atoms with Gasteiger partial charge in [-0.25, -0.2) is 4.98 Å². The van der Waals surface area contributed by atoms with Gasteiger partial charge in [0, 0.05) is 11.1 Å². The molecule has 94 valence electrons. The largest absolute Gasteiger partial charge is 0.294 e. The van der Waals surface area contributed by atoms with Gasteiger partial charge >= 0.3 is 0 Å². The minimum absolute atomic E-state index is 0.0457. The van der Waals surface area contributed by atoms with Gasteiger partial charge in [-0.15, -0.1) is 0 Å². The highest BCUT2D eigenvalue weighted by Crippen LogP contribution is 2.28. The van der Waals surface area contributed by atoms with Gasteiger partial charge < -0.3 is 0 Å².